The second kappa shape index (κ2) is 6.06. The third-order valence-corrected chi connectivity index (χ3v) is 4.21. The molecular formula is C13H18N4O2S. The summed E-state index contributed by atoms with van der Waals surface area (Å²) in [6.07, 6.45) is 4.67. The van der Waals surface area contributed by atoms with Crippen molar-refractivity contribution in [2.75, 3.05) is 11.3 Å². The van der Waals surface area contributed by atoms with Gasteiger partial charge in [-0.3, -0.25) is 9.71 Å². The minimum Gasteiger partial charge on any atom is -0.352 e. The van der Waals surface area contributed by atoms with E-state index in [4.69, 9.17) is 0 Å². The van der Waals surface area contributed by atoms with Gasteiger partial charge in [0.2, 0.25) is 0 Å². The maximum atomic E-state index is 12.3. The zero-order valence-electron chi connectivity index (χ0n) is 11.5. The van der Waals surface area contributed by atoms with Gasteiger partial charge in [-0.2, -0.15) is 0 Å². The van der Waals surface area contributed by atoms with Crippen molar-refractivity contribution in [3.05, 3.63) is 42.5 Å². The van der Waals surface area contributed by atoms with Gasteiger partial charge in [0.1, 0.15) is 4.90 Å². The molecule has 0 saturated carbocycles. The fourth-order valence-corrected chi connectivity index (χ4v) is 2.93. The highest BCUT2D eigenvalue weighted by atomic mass is 32.2. The van der Waals surface area contributed by atoms with E-state index in [1.165, 1.54) is 6.20 Å². The Morgan fingerprint density at radius 3 is 2.85 bits per heavy atom. The summed E-state index contributed by atoms with van der Waals surface area (Å²) in [5.74, 6) is 0. The summed E-state index contributed by atoms with van der Waals surface area (Å²) in [5, 5.41) is 3.17. The van der Waals surface area contributed by atoms with Crippen molar-refractivity contribution in [3.8, 4) is 0 Å². The van der Waals surface area contributed by atoms with Crippen LogP contribution in [0.2, 0.25) is 0 Å². The standard InChI is InChI=1S/C13H18N4O2S/c1-3-14-9-12-7-13(10-17(12)2)20(18,19)16-11-5-4-6-15-8-11/h4-8,10,14,16H,3,9H2,1-2H3. The molecule has 20 heavy (non-hydrogen) atoms. The van der Waals surface area contributed by atoms with E-state index in [0.717, 1.165) is 12.2 Å². The highest BCUT2D eigenvalue weighted by molar-refractivity contribution is 7.92. The van der Waals surface area contributed by atoms with Gasteiger partial charge in [-0.25, -0.2) is 8.42 Å². The first-order valence-corrected chi connectivity index (χ1v) is 7.80. The van der Waals surface area contributed by atoms with Crippen LogP contribution in [0.4, 0.5) is 5.69 Å². The van der Waals surface area contributed by atoms with Gasteiger partial charge in [0.05, 0.1) is 11.9 Å². The normalized spacial score (nSPS) is 11.5. The van der Waals surface area contributed by atoms with Gasteiger partial charge in [-0.05, 0) is 24.7 Å². The van der Waals surface area contributed by atoms with E-state index in [0.29, 0.717) is 12.2 Å². The minimum atomic E-state index is -3.58. The van der Waals surface area contributed by atoms with Crippen LogP contribution in [0, 0.1) is 0 Å². The molecule has 2 aromatic heterocycles. The van der Waals surface area contributed by atoms with E-state index in [2.05, 4.69) is 15.0 Å². The summed E-state index contributed by atoms with van der Waals surface area (Å²) in [7, 11) is -1.75. The third kappa shape index (κ3) is 3.37. The molecule has 0 saturated heterocycles. The minimum absolute atomic E-state index is 0.247. The van der Waals surface area contributed by atoms with E-state index < -0.39 is 10.0 Å². The van der Waals surface area contributed by atoms with Crippen LogP contribution in [0.5, 0.6) is 0 Å². The maximum absolute atomic E-state index is 12.3. The molecule has 2 N–H and O–H groups in total. The summed E-state index contributed by atoms with van der Waals surface area (Å²) in [4.78, 5) is 4.13. The quantitative estimate of drug-likeness (QED) is 0.843. The van der Waals surface area contributed by atoms with Gasteiger partial charge in [-0.1, -0.05) is 6.92 Å². The predicted octanol–water partition coefficient (Wildman–Crippen LogP) is 1.33. The molecule has 0 radical (unpaired) electrons. The Balaban J connectivity index is 2.21. The maximum Gasteiger partial charge on any atom is 0.263 e. The predicted molar refractivity (Wildman–Crippen MR) is 77.8 cm³/mol. The zero-order valence-corrected chi connectivity index (χ0v) is 12.3. The van der Waals surface area contributed by atoms with Crippen LogP contribution in [-0.2, 0) is 23.6 Å². The molecule has 0 bridgehead atoms. The Morgan fingerprint density at radius 2 is 2.20 bits per heavy atom. The molecular weight excluding hydrogens is 276 g/mol. The Kier molecular flexibility index (Phi) is 4.41. The third-order valence-electron chi connectivity index (χ3n) is 2.86. The van der Waals surface area contributed by atoms with Crippen LogP contribution in [-0.4, -0.2) is 24.5 Å². The van der Waals surface area contributed by atoms with Gasteiger partial charge >= 0.3 is 0 Å². The van der Waals surface area contributed by atoms with E-state index in [-0.39, 0.29) is 4.90 Å². The van der Waals surface area contributed by atoms with E-state index in [1.54, 1.807) is 35.2 Å². The van der Waals surface area contributed by atoms with Crippen LogP contribution in [0.3, 0.4) is 0 Å². The largest absolute Gasteiger partial charge is 0.352 e. The number of rotatable bonds is 6. The van der Waals surface area contributed by atoms with Crippen LogP contribution in [0.1, 0.15) is 12.6 Å². The van der Waals surface area contributed by atoms with Crippen LogP contribution in [0.25, 0.3) is 0 Å². The monoisotopic (exact) mass is 294 g/mol. The number of aryl methyl sites for hydroxylation is 1. The number of aromatic nitrogens is 2. The van der Waals surface area contributed by atoms with Crippen molar-refractivity contribution in [3.63, 3.8) is 0 Å². The van der Waals surface area contributed by atoms with Crippen LogP contribution >= 0.6 is 0 Å². The molecule has 7 heteroatoms. The Labute approximate surface area is 118 Å². The summed E-state index contributed by atoms with van der Waals surface area (Å²) < 4.78 is 28.8. The average molecular weight is 294 g/mol. The molecule has 108 valence electrons. The summed E-state index contributed by atoms with van der Waals surface area (Å²) in [6.45, 7) is 3.47. The Morgan fingerprint density at radius 1 is 1.40 bits per heavy atom. The first-order chi connectivity index (χ1) is 9.53. The van der Waals surface area contributed by atoms with Crippen LogP contribution in [0.15, 0.2) is 41.7 Å². The first-order valence-electron chi connectivity index (χ1n) is 6.31. The van der Waals surface area contributed by atoms with Crippen molar-refractivity contribution in [2.24, 2.45) is 7.05 Å². The molecule has 0 fully saturated rings. The lowest BCUT2D eigenvalue weighted by Crippen LogP contribution is -2.14. The second-order valence-electron chi connectivity index (χ2n) is 4.41. The smallest absolute Gasteiger partial charge is 0.263 e. The molecule has 0 amide bonds. The Bertz CT molecular complexity index is 665. The highest BCUT2D eigenvalue weighted by Crippen LogP contribution is 2.17. The molecule has 2 heterocycles. The number of nitrogens with zero attached hydrogens (tertiary/aromatic N) is 2. The number of nitrogens with one attached hydrogen (secondary N) is 2. The van der Waals surface area contributed by atoms with Gasteiger partial charge in [0, 0.05) is 31.7 Å². The molecule has 0 aromatic carbocycles. The van der Waals surface area contributed by atoms with E-state index >= 15 is 0 Å². The topological polar surface area (TPSA) is 76.0 Å². The SMILES string of the molecule is CCNCc1cc(S(=O)(=O)Nc2cccnc2)cn1C. The Hall–Kier alpha value is -1.86. The lowest BCUT2D eigenvalue weighted by Gasteiger charge is -2.05. The van der Waals surface area contributed by atoms with Gasteiger partial charge in [0.15, 0.2) is 0 Å². The molecule has 0 aliphatic rings. The van der Waals surface area contributed by atoms with Crippen molar-refractivity contribution in [1.29, 1.82) is 0 Å². The average Bonchev–Trinajstić information content (AvgIpc) is 2.79. The lowest BCUT2D eigenvalue weighted by atomic mass is 10.4. The zero-order chi connectivity index (χ0) is 14.6. The van der Waals surface area contributed by atoms with Crippen molar-refractivity contribution < 1.29 is 8.42 Å². The summed E-state index contributed by atoms with van der Waals surface area (Å²) in [5.41, 5.74) is 1.36. The fraction of sp³-hybridized carbons (Fsp3) is 0.308. The van der Waals surface area contributed by atoms with Crippen LogP contribution < -0.4 is 10.0 Å². The number of pyridine rings is 1. The number of anilines is 1. The van der Waals surface area contributed by atoms with Gasteiger partial charge in [-0.15, -0.1) is 0 Å². The molecule has 0 aliphatic heterocycles. The molecule has 0 spiro atoms. The lowest BCUT2D eigenvalue weighted by molar-refractivity contribution is 0.601. The summed E-state index contributed by atoms with van der Waals surface area (Å²) >= 11 is 0. The number of hydrogen-bond donors (Lipinski definition) is 2. The first kappa shape index (κ1) is 14.5. The molecule has 0 atom stereocenters. The molecule has 2 aromatic rings. The highest BCUT2D eigenvalue weighted by Gasteiger charge is 2.17. The number of sulfonamides is 1. The van der Waals surface area contributed by atoms with E-state index in [1.807, 2.05) is 14.0 Å². The molecule has 2 rings (SSSR count). The fourth-order valence-electron chi connectivity index (χ4n) is 1.79. The van der Waals surface area contributed by atoms with Crippen molar-refractivity contribution in [2.45, 2.75) is 18.4 Å². The van der Waals surface area contributed by atoms with Crippen molar-refractivity contribution >= 4 is 15.7 Å². The van der Waals surface area contributed by atoms with Gasteiger partial charge in [0.25, 0.3) is 10.0 Å². The second-order valence-corrected chi connectivity index (χ2v) is 6.09. The van der Waals surface area contributed by atoms with E-state index in [9.17, 15) is 8.42 Å². The molecule has 0 unspecified atom stereocenters. The molecule has 0 aliphatic carbocycles. The van der Waals surface area contributed by atoms with Crippen molar-refractivity contribution in [1.82, 2.24) is 14.9 Å². The van der Waals surface area contributed by atoms with Gasteiger partial charge < -0.3 is 9.88 Å². The summed E-state index contributed by atoms with van der Waals surface area (Å²) in [6, 6.07) is 5.01. The number of hydrogen-bond acceptors (Lipinski definition) is 4. The molecule has 6 nitrogen and oxygen atoms in total.